The summed E-state index contributed by atoms with van der Waals surface area (Å²) in [6.45, 7) is 0.525. The number of aliphatic hydroxyl groups excluding tert-OH is 1. The highest BCUT2D eigenvalue weighted by Gasteiger charge is 2.44. The van der Waals surface area contributed by atoms with Gasteiger partial charge in [0.05, 0.1) is 23.2 Å². The van der Waals surface area contributed by atoms with Crippen molar-refractivity contribution in [2.24, 2.45) is 5.41 Å². The van der Waals surface area contributed by atoms with Gasteiger partial charge < -0.3 is 9.84 Å². The molecule has 3 nitrogen and oxygen atoms in total. The van der Waals surface area contributed by atoms with Crippen LogP contribution in [-0.4, -0.2) is 18.3 Å². The van der Waals surface area contributed by atoms with Crippen molar-refractivity contribution in [1.82, 2.24) is 0 Å². The Morgan fingerprint density at radius 3 is 2.40 bits per heavy atom. The van der Waals surface area contributed by atoms with Gasteiger partial charge in [0.25, 0.3) is 0 Å². The molecule has 1 unspecified atom stereocenters. The van der Waals surface area contributed by atoms with Crippen LogP contribution in [0, 0.1) is 16.7 Å². The minimum absolute atomic E-state index is 0.219. The van der Waals surface area contributed by atoms with E-state index in [1.807, 2.05) is 6.07 Å². The Kier molecular flexibility index (Phi) is 4.02. The molecule has 1 heterocycles. The van der Waals surface area contributed by atoms with E-state index in [2.05, 4.69) is 0 Å². The van der Waals surface area contributed by atoms with E-state index < -0.39 is 23.3 Å². The molecule has 1 aromatic rings. The summed E-state index contributed by atoms with van der Waals surface area (Å²) in [5.41, 5.74) is -2.36. The molecule has 1 atom stereocenters. The Morgan fingerprint density at radius 1 is 1.25 bits per heavy atom. The average molecular weight is 285 g/mol. The van der Waals surface area contributed by atoms with Crippen molar-refractivity contribution in [1.29, 1.82) is 5.26 Å². The van der Waals surface area contributed by atoms with Crippen LogP contribution in [0.2, 0.25) is 0 Å². The molecule has 0 aliphatic carbocycles. The molecule has 0 amide bonds. The number of nitriles is 1. The van der Waals surface area contributed by atoms with E-state index in [1.165, 1.54) is 18.2 Å². The van der Waals surface area contributed by atoms with Crippen molar-refractivity contribution in [3.05, 3.63) is 35.4 Å². The summed E-state index contributed by atoms with van der Waals surface area (Å²) in [4.78, 5) is 0. The zero-order valence-corrected chi connectivity index (χ0v) is 10.7. The van der Waals surface area contributed by atoms with Crippen LogP contribution < -0.4 is 0 Å². The number of benzene rings is 1. The Hall–Kier alpha value is -1.58. The van der Waals surface area contributed by atoms with E-state index in [0.717, 1.165) is 6.07 Å². The molecule has 1 aliphatic rings. The van der Waals surface area contributed by atoms with Crippen LogP contribution in [0.15, 0.2) is 24.3 Å². The number of hydrogen-bond donors (Lipinski definition) is 1. The topological polar surface area (TPSA) is 53.2 Å². The number of halogens is 3. The third kappa shape index (κ3) is 2.65. The fraction of sp³-hybridized carbons (Fsp3) is 0.500. The number of rotatable bonds is 2. The molecule has 6 heteroatoms. The van der Waals surface area contributed by atoms with Crippen molar-refractivity contribution < 1.29 is 23.0 Å². The summed E-state index contributed by atoms with van der Waals surface area (Å²) in [5.74, 6) is 0. The van der Waals surface area contributed by atoms with Gasteiger partial charge in [-0.3, -0.25) is 0 Å². The van der Waals surface area contributed by atoms with Gasteiger partial charge in [0.15, 0.2) is 0 Å². The number of aliphatic hydroxyl groups is 1. The molecular formula is C14H14F3NO2. The van der Waals surface area contributed by atoms with Crippen LogP contribution in [-0.2, 0) is 10.9 Å². The van der Waals surface area contributed by atoms with E-state index in [0.29, 0.717) is 0 Å². The predicted molar refractivity (Wildman–Crippen MR) is 64.5 cm³/mol. The fourth-order valence-corrected chi connectivity index (χ4v) is 2.47. The third-order valence-corrected chi connectivity index (χ3v) is 3.69. The van der Waals surface area contributed by atoms with Crippen LogP contribution >= 0.6 is 0 Å². The summed E-state index contributed by atoms with van der Waals surface area (Å²) >= 11 is 0. The Bertz CT molecular complexity index is 516. The lowest BCUT2D eigenvalue weighted by molar-refractivity contribution is -0.140. The first kappa shape index (κ1) is 14.8. The molecule has 20 heavy (non-hydrogen) atoms. The summed E-state index contributed by atoms with van der Waals surface area (Å²) in [7, 11) is 0. The lowest BCUT2D eigenvalue weighted by Crippen LogP contribution is -2.35. The van der Waals surface area contributed by atoms with E-state index >= 15 is 0 Å². The maximum Gasteiger partial charge on any atom is 0.416 e. The quantitative estimate of drug-likeness (QED) is 0.908. The molecule has 1 fully saturated rings. The number of nitrogens with zero attached hydrogens (tertiary/aromatic N) is 1. The molecule has 2 rings (SSSR count). The van der Waals surface area contributed by atoms with Crippen LogP contribution in [0.3, 0.4) is 0 Å². The minimum atomic E-state index is -4.56. The zero-order chi connectivity index (χ0) is 14.8. The summed E-state index contributed by atoms with van der Waals surface area (Å²) in [6.07, 6.45) is -5.60. The molecular weight excluding hydrogens is 271 g/mol. The van der Waals surface area contributed by atoms with E-state index in [4.69, 9.17) is 4.74 Å². The second-order valence-electron chi connectivity index (χ2n) is 4.87. The molecule has 0 radical (unpaired) electrons. The molecule has 1 aromatic carbocycles. The molecule has 1 aliphatic heterocycles. The summed E-state index contributed by atoms with van der Waals surface area (Å²) in [5, 5.41) is 19.7. The van der Waals surface area contributed by atoms with E-state index in [-0.39, 0.29) is 31.6 Å². The molecule has 1 N–H and O–H groups in total. The maximum atomic E-state index is 13.0. The van der Waals surface area contributed by atoms with Crippen molar-refractivity contribution >= 4 is 0 Å². The predicted octanol–water partition coefficient (Wildman–Crippen LogP) is 3.06. The van der Waals surface area contributed by atoms with Crippen LogP contribution in [0.1, 0.15) is 30.1 Å². The highest BCUT2D eigenvalue weighted by Crippen LogP contribution is 2.45. The van der Waals surface area contributed by atoms with Crippen molar-refractivity contribution in [2.75, 3.05) is 13.2 Å². The molecule has 0 bridgehead atoms. The van der Waals surface area contributed by atoms with Gasteiger partial charge in [-0.2, -0.15) is 18.4 Å². The van der Waals surface area contributed by atoms with Gasteiger partial charge in [-0.25, -0.2) is 0 Å². The molecule has 0 spiro atoms. The van der Waals surface area contributed by atoms with Gasteiger partial charge in [0.1, 0.15) is 0 Å². The van der Waals surface area contributed by atoms with Gasteiger partial charge in [-0.05, 0) is 24.5 Å². The molecule has 0 aromatic heterocycles. The Balaban J connectivity index is 2.43. The second kappa shape index (κ2) is 5.43. The zero-order valence-electron chi connectivity index (χ0n) is 10.7. The lowest BCUT2D eigenvalue weighted by atomic mass is 9.73. The van der Waals surface area contributed by atoms with E-state index in [9.17, 15) is 23.5 Å². The highest BCUT2D eigenvalue weighted by atomic mass is 19.4. The molecule has 1 saturated heterocycles. The maximum absolute atomic E-state index is 13.0. The number of alkyl halides is 3. The van der Waals surface area contributed by atoms with Crippen LogP contribution in [0.25, 0.3) is 0 Å². The van der Waals surface area contributed by atoms with Crippen molar-refractivity contribution in [2.45, 2.75) is 25.1 Å². The normalized spacial score (nSPS) is 20.1. The SMILES string of the molecule is N#CC1(C(O)c2ccccc2C(F)(F)F)CCOCC1. The van der Waals surface area contributed by atoms with Gasteiger partial charge in [0.2, 0.25) is 0 Å². The average Bonchev–Trinajstić information content (AvgIpc) is 2.46. The minimum Gasteiger partial charge on any atom is -0.387 e. The monoisotopic (exact) mass is 285 g/mol. The summed E-state index contributed by atoms with van der Waals surface area (Å²) < 4.78 is 44.1. The first-order valence-electron chi connectivity index (χ1n) is 6.24. The Labute approximate surface area is 114 Å². The fourth-order valence-electron chi connectivity index (χ4n) is 2.47. The number of ether oxygens (including phenoxy) is 1. The smallest absolute Gasteiger partial charge is 0.387 e. The van der Waals surface area contributed by atoms with E-state index in [1.54, 1.807) is 0 Å². The van der Waals surface area contributed by atoms with Crippen LogP contribution in [0.4, 0.5) is 13.2 Å². The van der Waals surface area contributed by atoms with Gasteiger partial charge in [-0.1, -0.05) is 18.2 Å². The summed E-state index contributed by atoms with van der Waals surface area (Å²) in [6, 6.07) is 6.84. The first-order valence-corrected chi connectivity index (χ1v) is 6.24. The number of hydrogen-bond acceptors (Lipinski definition) is 3. The lowest BCUT2D eigenvalue weighted by Gasteiger charge is -2.35. The first-order chi connectivity index (χ1) is 9.41. The molecule has 0 saturated carbocycles. The van der Waals surface area contributed by atoms with Crippen LogP contribution in [0.5, 0.6) is 0 Å². The highest BCUT2D eigenvalue weighted by molar-refractivity contribution is 5.34. The van der Waals surface area contributed by atoms with Crippen molar-refractivity contribution in [3.63, 3.8) is 0 Å². The third-order valence-electron chi connectivity index (χ3n) is 3.69. The van der Waals surface area contributed by atoms with Gasteiger partial charge >= 0.3 is 6.18 Å². The second-order valence-corrected chi connectivity index (χ2v) is 4.87. The molecule has 108 valence electrons. The Morgan fingerprint density at radius 2 is 1.85 bits per heavy atom. The van der Waals surface area contributed by atoms with Gasteiger partial charge in [-0.15, -0.1) is 0 Å². The largest absolute Gasteiger partial charge is 0.416 e. The standard InChI is InChI=1S/C14H14F3NO2/c15-14(16,17)11-4-2-1-3-10(11)12(19)13(9-18)5-7-20-8-6-13/h1-4,12,19H,5-8H2. The van der Waals surface area contributed by atoms with Gasteiger partial charge in [0, 0.05) is 13.2 Å². The van der Waals surface area contributed by atoms with Crippen molar-refractivity contribution in [3.8, 4) is 6.07 Å².